The summed E-state index contributed by atoms with van der Waals surface area (Å²) in [7, 11) is 0. The molecule has 0 aromatic heterocycles. The molecular weight excluding hydrogens is 287 g/mol. The van der Waals surface area contributed by atoms with Gasteiger partial charge in [0.25, 0.3) is 0 Å². The molecule has 0 saturated heterocycles. The fourth-order valence-electron chi connectivity index (χ4n) is 0.274. The molecule has 0 atom stereocenters. The second kappa shape index (κ2) is 8.71. The first-order valence-corrected chi connectivity index (χ1v) is 4.30. The van der Waals surface area contributed by atoms with E-state index in [-0.39, 0.29) is 31.5 Å². The first-order chi connectivity index (χ1) is 6.12. The molecule has 0 heterocycles. The average molecular weight is 305 g/mol. The SMILES string of the molecule is CC(C)(C)N=C=O.CC(C)(C)N=C=O.[Pd]. The standard InChI is InChI=1S/2C5H9NO.Pd/c2*1-5(2,3)6-4-7;/h2*1-3H3;. The summed E-state index contributed by atoms with van der Waals surface area (Å²) in [6.45, 7) is 11.1. The van der Waals surface area contributed by atoms with E-state index in [1.54, 1.807) is 0 Å². The van der Waals surface area contributed by atoms with Gasteiger partial charge >= 0.3 is 0 Å². The normalized spacial score (nSPS) is 9.47. The zero-order valence-electron chi connectivity index (χ0n) is 10.0. The van der Waals surface area contributed by atoms with Gasteiger partial charge in [0, 0.05) is 20.4 Å². The number of hydrogen-bond acceptors (Lipinski definition) is 4. The van der Waals surface area contributed by atoms with Gasteiger partial charge in [-0.3, -0.25) is 0 Å². The quantitative estimate of drug-likeness (QED) is 0.391. The van der Waals surface area contributed by atoms with Crippen LogP contribution in [0.1, 0.15) is 41.5 Å². The molecule has 0 amide bonds. The van der Waals surface area contributed by atoms with Crippen LogP contribution in [0.3, 0.4) is 0 Å². The second-order valence-corrected chi connectivity index (χ2v) is 4.75. The summed E-state index contributed by atoms with van der Waals surface area (Å²) in [6.07, 6.45) is 2.97. The van der Waals surface area contributed by atoms with Gasteiger partial charge in [0.15, 0.2) is 0 Å². The van der Waals surface area contributed by atoms with Gasteiger partial charge in [-0.15, -0.1) is 0 Å². The van der Waals surface area contributed by atoms with Crippen molar-refractivity contribution in [1.82, 2.24) is 0 Å². The van der Waals surface area contributed by atoms with Crippen LogP contribution in [0.15, 0.2) is 9.98 Å². The van der Waals surface area contributed by atoms with Gasteiger partial charge < -0.3 is 0 Å². The Bertz CT molecular complexity index is 224. The van der Waals surface area contributed by atoms with Crippen molar-refractivity contribution in [2.24, 2.45) is 9.98 Å². The van der Waals surface area contributed by atoms with Crippen LogP contribution in [-0.2, 0) is 30.0 Å². The number of isocyanates is 2. The fraction of sp³-hybridized carbons (Fsp3) is 0.800. The van der Waals surface area contributed by atoms with Crippen molar-refractivity contribution < 1.29 is 30.0 Å². The molecule has 0 N–H and O–H groups in total. The van der Waals surface area contributed by atoms with Crippen LogP contribution in [0.25, 0.3) is 0 Å². The molecule has 0 radical (unpaired) electrons. The van der Waals surface area contributed by atoms with Gasteiger partial charge in [-0.05, 0) is 41.5 Å². The van der Waals surface area contributed by atoms with Gasteiger partial charge in [-0.25, -0.2) is 19.6 Å². The number of carbonyl (C=O) groups excluding carboxylic acids is 2. The number of rotatable bonds is 0. The maximum Gasteiger partial charge on any atom is 0.235 e. The van der Waals surface area contributed by atoms with E-state index in [4.69, 9.17) is 0 Å². The largest absolute Gasteiger partial charge is 0.235 e. The van der Waals surface area contributed by atoms with E-state index < -0.39 is 0 Å². The molecule has 0 spiro atoms. The van der Waals surface area contributed by atoms with Crippen LogP contribution >= 0.6 is 0 Å². The van der Waals surface area contributed by atoms with E-state index in [1.165, 1.54) is 12.2 Å². The first kappa shape index (κ1) is 19.9. The Labute approximate surface area is 105 Å². The summed E-state index contributed by atoms with van der Waals surface area (Å²) in [4.78, 5) is 26.0. The zero-order chi connectivity index (χ0) is 11.8. The number of nitrogens with zero attached hydrogens (tertiary/aromatic N) is 2. The Morgan fingerprint density at radius 1 is 0.733 bits per heavy atom. The second-order valence-electron chi connectivity index (χ2n) is 4.75. The monoisotopic (exact) mass is 304 g/mol. The predicted molar refractivity (Wildman–Crippen MR) is 55.7 cm³/mol. The Hall–Kier alpha value is -0.578. The third kappa shape index (κ3) is 31.8. The van der Waals surface area contributed by atoms with Crippen LogP contribution in [0, 0.1) is 0 Å². The van der Waals surface area contributed by atoms with Crippen LogP contribution in [0.2, 0.25) is 0 Å². The van der Waals surface area contributed by atoms with Crippen molar-refractivity contribution in [3.63, 3.8) is 0 Å². The van der Waals surface area contributed by atoms with Crippen molar-refractivity contribution in [3.05, 3.63) is 0 Å². The Kier molecular flexibility index (Phi) is 11.6. The third-order valence-electron chi connectivity index (χ3n) is 0.762. The summed E-state index contributed by atoms with van der Waals surface area (Å²) in [6, 6.07) is 0. The van der Waals surface area contributed by atoms with Crippen molar-refractivity contribution in [1.29, 1.82) is 0 Å². The van der Waals surface area contributed by atoms with Crippen LogP contribution in [0.5, 0.6) is 0 Å². The summed E-state index contributed by atoms with van der Waals surface area (Å²) in [5.74, 6) is 0. The molecule has 0 unspecified atom stereocenters. The van der Waals surface area contributed by atoms with Crippen molar-refractivity contribution in [3.8, 4) is 0 Å². The summed E-state index contributed by atoms with van der Waals surface area (Å²) >= 11 is 0. The smallest absolute Gasteiger partial charge is 0.211 e. The van der Waals surface area contributed by atoms with E-state index in [0.29, 0.717) is 0 Å². The van der Waals surface area contributed by atoms with E-state index in [9.17, 15) is 9.59 Å². The topological polar surface area (TPSA) is 58.9 Å². The molecule has 0 fully saturated rings. The van der Waals surface area contributed by atoms with Gasteiger partial charge in [0.2, 0.25) is 12.2 Å². The molecule has 90 valence electrons. The molecule has 0 rings (SSSR count). The van der Waals surface area contributed by atoms with Gasteiger partial charge in [-0.1, -0.05) is 0 Å². The van der Waals surface area contributed by atoms with Crippen LogP contribution in [-0.4, -0.2) is 23.2 Å². The molecule has 0 aliphatic heterocycles. The minimum atomic E-state index is -0.248. The van der Waals surface area contributed by atoms with Gasteiger partial charge in [-0.2, -0.15) is 0 Å². The minimum Gasteiger partial charge on any atom is -0.211 e. The van der Waals surface area contributed by atoms with E-state index >= 15 is 0 Å². The van der Waals surface area contributed by atoms with E-state index in [1.807, 2.05) is 41.5 Å². The van der Waals surface area contributed by atoms with Crippen molar-refractivity contribution in [2.75, 3.05) is 0 Å². The summed E-state index contributed by atoms with van der Waals surface area (Å²) in [5, 5.41) is 0. The molecule has 0 aromatic rings. The Balaban J connectivity index is -0.000000180. The molecule has 0 aliphatic carbocycles. The van der Waals surface area contributed by atoms with E-state index in [0.717, 1.165) is 0 Å². The third-order valence-corrected chi connectivity index (χ3v) is 0.762. The van der Waals surface area contributed by atoms with Gasteiger partial charge in [0.1, 0.15) is 0 Å². The first-order valence-electron chi connectivity index (χ1n) is 4.30. The molecule has 4 nitrogen and oxygen atoms in total. The molecule has 0 aromatic carbocycles. The summed E-state index contributed by atoms with van der Waals surface area (Å²) < 4.78 is 0. The van der Waals surface area contributed by atoms with Gasteiger partial charge in [0.05, 0.1) is 11.1 Å². The number of aliphatic imine (C=N–C) groups is 2. The Morgan fingerprint density at radius 2 is 0.933 bits per heavy atom. The molecule has 15 heavy (non-hydrogen) atoms. The summed E-state index contributed by atoms with van der Waals surface area (Å²) in [5.41, 5.74) is -0.497. The van der Waals surface area contributed by atoms with E-state index in [2.05, 4.69) is 9.98 Å². The predicted octanol–water partition coefficient (Wildman–Crippen LogP) is 2.24. The molecule has 0 bridgehead atoms. The van der Waals surface area contributed by atoms with Crippen LogP contribution in [0.4, 0.5) is 0 Å². The minimum absolute atomic E-state index is 0. The van der Waals surface area contributed by atoms with Crippen molar-refractivity contribution in [2.45, 2.75) is 52.6 Å². The molecular formula is C10H18N2O2Pd. The zero-order valence-corrected chi connectivity index (χ0v) is 11.6. The molecule has 0 aliphatic rings. The maximum atomic E-state index is 9.53. The average Bonchev–Trinajstić information content (AvgIpc) is 1.81. The number of hydrogen-bond donors (Lipinski definition) is 0. The Morgan fingerprint density at radius 3 is 0.933 bits per heavy atom. The van der Waals surface area contributed by atoms with Crippen molar-refractivity contribution >= 4 is 12.2 Å². The molecule has 0 saturated carbocycles. The molecule has 5 heteroatoms. The van der Waals surface area contributed by atoms with Crippen LogP contribution < -0.4 is 0 Å². The maximum absolute atomic E-state index is 9.53. The fourth-order valence-corrected chi connectivity index (χ4v) is 0.274.